The first-order valence-corrected chi connectivity index (χ1v) is 6.74. The maximum Gasteiger partial charge on any atom is 0.246 e. The van der Waals surface area contributed by atoms with Crippen molar-refractivity contribution in [3.8, 4) is 0 Å². The molecule has 0 unspecified atom stereocenters. The Morgan fingerprint density at radius 1 is 1.24 bits per heavy atom. The molecule has 0 aliphatic rings. The molecule has 21 heavy (non-hydrogen) atoms. The maximum atomic E-state index is 12.0. The predicted octanol–water partition coefficient (Wildman–Crippen LogP) is 0.877. The van der Waals surface area contributed by atoms with Crippen LogP contribution in [0.2, 0.25) is 0 Å². The summed E-state index contributed by atoms with van der Waals surface area (Å²) in [6.07, 6.45) is 3.72. The molecule has 1 aromatic heterocycles. The lowest BCUT2D eigenvalue weighted by Gasteiger charge is -2.17. The van der Waals surface area contributed by atoms with Crippen LogP contribution in [0.4, 0.5) is 0 Å². The van der Waals surface area contributed by atoms with Crippen molar-refractivity contribution in [1.29, 1.82) is 0 Å². The minimum absolute atomic E-state index is 0.192. The third-order valence-corrected chi connectivity index (χ3v) is 3.07. The van der Waals surface area contributed by atoms with Gasteiger partial charge in [0, 0.05) is 32.4 Å². The van der Waals surface area contributed by atoms with Gasteiger partial charge in [0.2, 0.25) is 11.8 Å². The van der Waals surface area contributed by atoms with Gasteiger partial charge in [-0.3, -0.25) is 14.3 Å². The number of likely N-dealkylation sites (N-methyl/N-ethyl adjacent to an activating group) is 1. The fourth-order valence-corrected chi connectivity index (χ4v) is 1.97. The summed E-state index contributed by atoms with van der Waals surface area (Å²) in [5.41, 5.74) is 0.754. The van der Waals surface area contributed by atoms with Crippen LogP contribution in [0.5, 0.6) is 0 Å². The van der Waals surface area contributed by atoms with Gasteiger partial charge < -0.3 is 10.6 Å². The van der Waals surface area contributed by atoms with Gasteiger partial charge in [0.25, 0.3) is 0 Å². The molecule has 0 aliphatic carbocycles. The quantitative estimate of drug-likeness (QED) is 0.827. The summed E-state index contributed by atoms with van der Waals surface area (Å²) in [5.74, 6) is -0.434. The Morgan fingerprint density at radius 2 is 2.00 bits per heavy atom. The van der Waals surface area contributed by atoms with Gasteiger partial charge in [0.15, 0.2) is 0 Å². The Bertz CT molecular complexity index is 581. The van der Waals surface area contributed by atoms with Crippen LogP contribution in [-0.2, 0) is 16.1 Å². The van der Waals surface area contributed by atoms with Crippen molar-refractivity contribution in [2.45, 2.75) is 19.0 Å². The highest BCUT2D eigenvalue weighted by atomic mass is 16.2. The number of hydrogen-bond donors (Lipinski definition) is 2. The smallest absolute Gasteiger partial charge is 0.246 e. The van der Waals surface area contributed by atoms with Crippen molar-refractivity contribution in [3.05, 3.63) is 54.4 Å². The summed E-state index contributed by atoms with van der Waals surface area (Å²) in [6.45, 7) is 0.480. The molecule has 6 heteroatoms. The minimum Gasteiger partial charge on any atom is -0.357 e. The second-order valence-electron chi connectivity index (χ2n) is 4.54. The van der Waals surface area contributed by atoms with E-state index in [2.05, 4.69) is 15.7 Å². The zero-order valence-corrected chi connectivity index (χ0v) is 11.8. The lowest BCUT2D eigenvalue weighted by Crippen LogP contribution is -2.39. The van der Waals surface area contributed by atoms with Gasteiger partial charge in [-0.05, 0) is 11.6 Å². The van der Waals surface area contributed by atoms with E-state index in [-0.39, 0.29) is 18.2 Å². The molecule has 110 valence electrons. The number of carbonyl (C=O) groups is 2. The molecule has 6 nitrogen and oxygen atoms in total. The molecular formula is C15H18N4O2. The minimum atomic E-state index is -0.679. The third-order valence-electron chi connectivity index (χ3n) is 3.07. The molecule has 2 amide bonds. The number of nitrogens with one attached hydrogen (secondary N) is 2. The molecule has 1 atom stereocenters. The molecule has 0 bridgehead atoms. The van der Waals surface area contributed by atoms with Crippen LogP contribution in [0.15, 0.2) is 48.8 Å². The number of benzene rings is 1. The van der Waals surface area contributed by atoms with Gasteiger partial charge in [-0.25, -0.2) is 0 Å². The highest BCUT2D eigenvalue weighted by Gasteiger charge is 2.21. The standard InChI is InChI=1S/C15H18N4O2/c1-16-15(21)14(12-6-3-2-4-7-12)18-13(20)8-11-19-10-5-9-17-19/h2-7,9-10,14H,8,11H2,1H3,(H,16,21)(H,18,20)/t14-/m0/s1. The molecule has 1 aromatic carbocycles. The second-order valence-corrected chi connectivity index (χ2v) is 4.54. The zero-order chi connectivity index (χ0) is 15.1. The molecule has 1 heterocycles. The number of carbonyl (C=O) groups excluding carboxylic acids is 2. The van der Waals surface area contributed by atoms with E-state index in [0.29, 0.717) is 6.54 Å². The molecule has 2 rings (SSSR count). The fraction of sp³-hybridized carbons (Fsp3) is 0.267. The first-order chi connectivity index (χ1) is 10.2. The first-order valence-electron chi connectivity index (χ1n) is 6.74. The van der Waals surface area contributed by atoms with Crippen LogP contribution in [0, 0.1) is 0 Å². The zero-order valence-electron chi connectivity index (χ0n) is 11.8. The third kappa shape index (κ3) is 4.17. The SMILES string of the molecule is CNC(=O)[C@@H](NC(=O)CCn1cccn1)c1ccccc1. The van der Waals surface area contributed by atoms with Gasteiger partial charge in [0.1, 0.15) is 6.04 Å². The Labute approximate surface area is 123 Å². The first kappa shape index (κ1) is 14.8. The van der Waals surface area contributed by atoms with E-state index in [1.807, 2.05) is 30.3 Å². The molecule has 0 saturated heterocycles. The van der Waals surface area contributed by atoms with E-state index in [9.17, 15) is 9.59 Å². The average Bonchev–Trinajstić information content (AvgIpc) is 3.04. The van der Waals surface area contributed by atoms with E-state index in [1.165, 1.54) is 0 Å². The summed E-state index contributed by atoms with van der Waals surface area (Å²) >= 11 is 0. The Balaban J connectivity index is 1.98. The Morgan fingerprint density at radius 3 is 2.62 bits per heavy atom. The fourth-order valence-electron chi connectivity index (χ4n) is 1.97. The highest BCUT2D eigenvalue weighted by Crippen LogP contribution is 2.12. The number of hydrogen-bond acceptors (Lipinski definition) is 3. The van der Waals surface area contributed by atoms with Gasteiger partial charge in [-0.1, -0.05) is 30.3 Å². The van der Waals surface area contributed by atoms with E-state index in [4.69, 9.17) is 0 Å². The van der Waals surface area contributed by atoms with Crippen LogP contribution < -0.4 is 10.6 Å². The number of amides is 2. The molecule has 2 N–H and O–H groups in total. The van der Waals surface area contributed by atoms with Crippen molar-refractivity contribution in [2.75, 3.05) is 7.05 Å². The Kier molecular flexibility index (Phi) is 5.09. The molecule has 0 fully saturated rings. The van der Waals surface area contributed by atoms with Crippen molar-refractivity contribution in [3.63, 3.8) is 0 Å². The van der Waals surface area contributed by atoms with Crippen LogP contribution in [0.3, 0.4) is 0 Å². The van der Waals surface area contributed by atoms with Crippen LogP contribution in [0.25, 0.3) is 0 Å². The largest absolute Gasteiger partial charge is 0.357 e. The van der Waals surface area contributed by atoms with E-state index < -0.39 is 6.04 Å². The van der Waals surface area contributed by atoms with Crippen molar-refractivity contribution < 1.29 is 9.59 Å². The average molecular weight is 286 g/mol. The summed E-state index contributed by atoms with van der Waals surface area (Å²) in [7, 11) is 1.55. The highest BCUT2D eigenvalue weighted by molar-refractivity contribution is 5.88. The van der Waals surface area contributed by atoms with Gasteiger partial charge >= 0.3 is 0 Å². The van der Waals surface area contributed by atoms with Gasteiger partial charge in [0.05, 0.1) is 0 Å². The molecule has 2 aromatic rings. The van der Waals surface area contributed by atoms with Crippen LogP contribution in [-0.4, -0.2) is 28.6 Å². The van der Waals surface area contributed by atoms with E-state index in [0.717, 1.165) is 5.56 Å². The monoisotopic (exact) mass is 286 g/mol. The van der Waals surface area contributed by atoms with E-state index in [1.54, 1.807) is 30.2 Å². The second kappa shape index (κ2) is 7.23. The summed E-state index contributed by atoms with van der Waals surface area (Å²) in [6, 6.07) is 10.3. The van der Waals surface area contributed by atoms with E-state index >= 15 is 0 Å². The number of rotatable bonds is 6. The molecule has 0 spiro atoms. The predicted molar refractivity (Wildman–Crippen MR) is 78.2 cm³/mol. The van der Waals surface area contributed by atoms with Gasteiger partial charge in [-0.15, -0.1) is 0 Å². The van der Waals surface area contributed by atoms with Crippen molar-refractivity contribution in [1.82, 2.24) is 20.4 Å². The summed E-state index contributed by atoms with van der Waals surface area (Å²) in [5, 5.41) is 9.36. The lowest BCUT2D eigenvalue weighted by atomic mass is 10.1. The van der Waals surface area contributed by atoms with Crippen LogP contribution in [0.1, 0.15) is 18.0 Å². The van der Waals surface area contributed by atoms with Gasteiger partial charge in [-0.2, -0.15) is 5.10 Å². The topological polar surface area (TPSA) is 76.0 Å². The molecule has 0 radical (unpaired) electrons. The van der Waals surface area contributed by atoms with Crippen molar-refractivity contribution >= 4 is 11.8 Å². The van der Waals surface area contributed by atoms with Crippen LogP contribution >= 0.6 is 0 Å². The normalized spacial score (nSPS) is 11.7. The summed E-state index contributed by atoms with van der Waals surface area (Å²) in [4.78, 5) is 23.9. The lowest BCUT2D eigenvalue weighted by molar-refractivity contribution is -0.129. The summed E-state index contributed by atoms with van der Waals surface area (Å²) < 4.78 is 1.68. The molecule has 0 saturated carbocycles. The molecular weight excluding hydrogens is 268 g/mol. The number of aryl methyl sites for hydroxylation is 1. The number of nitrogens with zero attached hydrogens (tertiary/aromatic N) is 2. The molecule has 0 aliphatic heterocycles. The Hall–Kier alpha value is -2.63. The number of aromatic nitrogens is 2. The van der Waals surface area contributed by atoms with Crippen molar-refractivity contribution in [2.24, 2.45) is 0 Å². The maximum absolute atomic E-state index is 12.0.